The van der Waals surface area contributed by atoms with E-state index in [4.69, 9.17) is 5.11 Å². The van der Waals surface area contributed by atoms with Crippen molar-refractivity contribution in [3.8, 4) is 0 Å². The lowest BCUT2D eigenvalue weighted by Crippen LogP contribution is -2.38. The highest BCUT2D eigenvalue weighted by Gasteiger charge is 2.37. The van der Waals surface area contributed by atoms with E-state index in [1.54, 1.807) is 4.90 Å². The average Bonchev–Trinajstić information content (AvgIpc) is 2.74. The Kier molecular flexibility index (Phi) is 4.24. The number of likely N-dealkylation sites (tertiary alicyclic amines) is 1. The lowest BCUT2D eigenvalue weighted by Gasteiger charge is -2.23. The first kappa shape index (κ1) is 14.1. The Labute approximate surface area is 120 Å². The Morgan fingerprint density at radius 2 is 2.11 bits per heavy atom. The smallest absolute Gasteiger partial charge is 0.308 e. The van der Waals surface area contributed by atoms with Crippen molar-refractivity contribution in [2.75, 3.05) is 6.54 Å². The van der Waals surface area contributed by atoms with Crippen LogP contribution in [0.15, 0.2) is 28.7 Å². The van der Waals surface area contributed by atoms with Crippen LogP contribution in [0.2, 0.25) is 0 Å². The fraction of sp³-hybridized carbons (Fsp3) is 0.429. The molecule has 2 unspecified atom stereocenters. The van der Waals surface area contributed by atoms with E-state index >= 15 is 0 Å². The first-order valence-electron chi connectivity index (χ1n) is 6.26. The number of carbonyl (C=O) groups excluding carboxylic acids is 1. The maximum atomic E-state index is 12.3. The highest BCUT2D eigenvalue weighted by molar-refractivity contribution is 9.10. The second kappa shape index (κ2) is 5.74. The summed E-state index contributed by atoms with van der Waals surface area (Å²) in [5.74, 6) is -1.27. The van der Waals surface area contributed by atoms with E-state index in [2.05, 4.69) is 15.9 Å². The van der Waals surface area contributed by atoms with E-state index in [1.807, 2.05) is 31.2 Å². The molecule has 1 heterocycles. The van der Waals surface area contributed by atoms with Gasteiger partial charge in [0.2, 0.25) is 5.91 Å². The molecule has 0 bridgehead atoms. The molecule has 5 heteroatoms. The molecule has 102 valence electrons. The summed E-state index contributed by atoms with van der Waals surface area (Å²) in [7, 11) is 0. The van der Waals surface area contributed by atoms with Gasteiger partial charge in [-0.05, 0) is 25.0 Å². The molecule has 2 rings (SSSR count). The fourth-order valence-electron chi connectivity index (χ4n) is 2.53. The number of hydrogen-bond acceptors (Lipinski definition) is 2. The van der Waals surface area contributed by atoms with Crippen LogP contribution in [0.3, 0.4) is 0 Å². The highest BCUT2D eigenvalue weighted by atomic mass is 79.9. The molecule has 1 aromatic rings. The van der Waals surface area contributed by atoms with Crippen LogP contribution in [0.1, 0.15) is 18.9 Å². The molecule has 1 aromatic carbocycles. The van der Waals surface area contributed by atoms with Gasteiger partial charge in [0.1, 0.15) is 0 Å². The lowest BCUT2D eigenvalue weighted by atomic mass is 10.0. The van der Waals surface area contributed by atoms with Gasteiger partial charge in [0, 0.05) is 17.1 Å². The summed E-state index contributed by atoms with van der Waals surface area (Å²) >= 11 is 3.42. The third-order valence-corrected chi connectivity index (χ3v) is 4.47. The molecular formula is C14H16BrNO3. The van der Waals surface area contributed by atoms with E-state index in [-0.39, 0.29) is 11.9 Å². The number of amides is 1. The minimum Gasteiger partial charge on any atom is -0.481 e. The normalized spacial score (nSPS) is 22.5. The number of carbonyl (C=O) groups is 2. The van der Waals surface area contributed by atoms with Crippen LogP contribution < -0.4 is 0 Å². The van der Waals surface area contributed by atoms with Crippen molar-refractivity contribution in [3.63, 3.8) is 0 Å². The van der Waals surface area contributed by atoms with E-state index in [0.717, 1.165) is 10.0 Å². The van der Waals surface area contributed by atoms with Crippen LogP contribution in [0.5, 0.6) is 0 Å². The minimum absolute atomic E-state index is 0.0110. The maximum Gasteiger partial charge on any atom is 0.308 e. The SMILES string of the molecule is CC1C(C(=O)O)CCN1C(=O)Cc1ccccc1Br. The third kappa shape index (κ3) is 2.97. The highest BCUT2D eigenvalue weighted by Crippen LogP contribution is 2.26. The van der Waals surface area contributed by atoms with Crippen LogP contribution in [0, 0.1) is 5.92 Å². The Balaban J connectivity index is 2.06. The third-order valence-electron chi connectivity index (χ3n) is 3.69. The summed E-state index contributed by atoms with van der Waals surface area (Å²) in [6.45, 7) is 2.34. The van der Waals surface area contributed by atoms with Crippen LogP contribution in [0.4, 0.5) is 0 Å². The Morgan fingerprint density at radius 1 is 1.42 bits per heavy atom. The fourth-order valence-corrected chi connectivity index (χ4v) is 2.95. The maximum absolute atomic E-state index is 12.3. The Morgan fingerprint density at radius 3 is 2.68 bits per heavy atom. The van der Waals surface area contributed by atoms with Crippen molar-refractivity contribution >= 4 is 27.8 Å². The van der Waals surface area contributed by atoms with Gasteiger partial charge >= 0.3 is 5.97 Å². The van der Waals surface area contributed by atoms with Crippen LogP contribution in [0.25, 0.3) is 0 Å². The molecular weight excluding hydrogens is 310 g/mol. The van der Waals surface area contributed by atoms with Crippen LogP contribution >= 0.6 is 15.9 Å². The molecule has 4 nitrogen and oxygen atoms in total. The number of carboxylic acids is 1. The van der Waals surface area contributed by atoms with Gasteiger partial charge in [-0.3, -0.25) is 9.59 Å². The number of halogens is 1. The standard InChI is InChI=1S/C14H16BrNO3/c1-9-11(14(18)19)6-7-16(9)13(17)8-10-4-2-3-5-12(10)15/h2-5,9,11H,6-8H2,1H3,(H,18,19). The van der Waals surface area contributed by atoms with Crippen molar-refractivity contribution < 1.29 is 14.7 Å². The summed E-state index contributed by atoms with van der Waals surface area (Å²) < 4.78 is 0.907. The monoisotopic (exact) mass is 325 g/mol. The molecule has 1 N–H and O–H groups in total. The van der Waals surface area contributed by atoms with Gasteiger partial charge in [-0.1, -0.05) is 34.1 Å². The van der Waals surface area contributed by atoms with Gasteiger partial charge in [0.05, 0.1) is 12.3 Å². The first-order chi connectivity index (χ1) is 9.00. The van der Waals surface area contributed by atoms with Gasteiger partial charge in [-0.2, -0.15) is 0 Å². The number of carboxylic acid groups (broad SMARTS) is 1. The van der Waals surface area contributed by atoms with Crippen molar-refractivity contribution in [1.29, 1.82) is 0 Å². The quantitative estimate of drug-likeness (QED) is 0.927. The molecule has 1 amide bonds. The molecule has 0 aliphatic carbocycles. The molecule has 0 spiro atoms. The van der Waals surface area contributed by atoms with Crippen LogP contribution in [-0.2, 0) is 16.0 Å². The van der Waals surface area contributed by atoms with Crippen molar-refractivity contribution in [3.05, 3.63) is 34.3 Å². The second-order valence-electron chi connectivity index (χ2n) is 4.83. The number of nitrogens with zero attached hydrogens (tertiary/aromatic N) is 1. The topological polar surface area (TPSA) is 57.6 Å². The van der Waals surface area contributed by atoms with Gasteiger partial charge < -0.3 is 10.0 Å². The van der Waals surface area contributed by atoms with Gasteiger partial charge in [-0.25, -0.2) is 0 Å². The van der Waals surface area contributed by atoms with Gasteiger partial charge in [-0.15, -0.1) is 0 Å². The second-order valence-corrected chi connectivity index (χ2v) is 5.68. The Bertz CT molecular complexity index is 503. The van der Waals surface area contributed by atoms with Crippen LogP contribution in [-0.4, -0.2) is 34.5 Å². The van der Waals surface area contributed by atoms with E-state index in [9.17, 15) is 9.59 Å². The average molecular weight is 326 g/mol. The molecule has 1 fully saturated rings. The molecule has 0 saturated carbocycles. The molecule has 1 aliphatic heterocycles. The summed E-state index contributed by atoms with van der Waals surface area (Å²) in [6.07, 6.45) is 0.844. The van der Waals surface area contributed by atoms with E-state index in [0.29, 0.717) is 19.4 Å². The summed E-state index contributed by atoms with van der Waals surface area (Å²) in [5.41, 5.74) is 0.929. The summed E-state index contributed by atoms with van der Waals surface area (Å²) in [5, 5.41) is 9.07. The molecule has 0 radical (unpaired) electrons. The van der Waals surface area contributed by atoms with Gasteiger partial charge in [0.25, 0.3) is 0 Å². The molecule has 1 aliphatic rings. The summed E-state index contributed by atoms with van der Waals surface area (Å²) in [4.78, 5) is 25.0. The predicted octanol–water partition coefficient (Wildman–Crippen LogP) is 2.31. The number of rotatable bonds is 3. The van der Waals surface area contributed by atoms with Crippen molar-refractivity contribution in [1.82, 2.24) is 4.90 Å². The number of aliphatic carboxylic acids is 1. The molecule has 0 aromatic heterocycles. The van der Waals surface area contributed by atoms with Gasteiger partial charge in [0.15, 0.2) is 0 Å². The van der Waals surface area contributed by atoms with E-state index < -0.39 is 11.9 Å². The minimum atomic E-state index is -0.816. The number of hydrogen-bond donors (Lipinski definition) is 1. The first-order valence-corrected chi connectivity index (χ1v) is 7.05. The molecule has 19 heavy (non-hydrogen) atoms. The zero-order valence-corrected chi connectivity index (χ0v) is 12.3. The molecule has 1 saturated heterocycles. The predicted molar refractivity (Wildman–Crippen MR) is 74.8 cm³/mol. The van der Waals surface area contributed by atoms with Crippen molar-refractivity contribution in [2.45, 2.75) is 25.8 Å². The Hall–Kier alpha value is -1.36. The number of benzene rings is 1. The largest absolute Gasteiger partial charge is 0.481 e. The zero-order valence-electron chi connectivity index (χ0n) is 10.7. The van der Waals surface area contributed by atoms with E-state index in [1.165, 1.54) is 0 Å². The van der Waals surface area contributed by atoms with Crippen molar-refractivity contribution in [2.24, 2.45) is 5.92 Å². The lowest BCUT2D eigenvalue weighted by molar-refractivity contribution is -0.143. The molecule has 2 atom stereocenters. The zero-order chi connectivity index (χ0) is 14.0. The summed E-state index contributed by atoms with van der Waals surface area (Å²) in [6, 6.07) is 7.36.